The van der Waals surface area contributed by atoms with Gasteiger partial charge in [0, 0.05) is 25.5 Å². The van der Waals surface area contributed by atoms with Gasteiger partial charge in [0.25, 0.3) is 0 Å². The lowest BCUT2D eigenvalue weighted by Crippen LogP contribution is -2.47. The maximum absolute atomic E-state index is 11.6. The highest BCUT2D eigenvalue weighted by Gasteiger charge is 2.32. The molecule has 11 nitrogen and oxygen atoms in total. The normalized spacial score (nSPS) is 18.9. The number of aliphatic hydroxyl groups is 5. The summed E-state index contributed by atoms with van der Waals surface area (Å²) in [6.07, 6.45) is -6.72. The standard InChI is InChI=1S/C13H30ClN2O9P/c14-2-4-16-6-5-15-3-1-7-24-26(22,23)25-9-11(19)13(21)12(20)10(18)8-17/h10-13,15-21H,1-9H2,(H,22,23)/t10-,11-,12-,13-/m1/s1. The molecule has 0 aromatic rings. The summed E-state index contributed by atoms with van der Waals surface area (Å²) >= 11 is 5.50. The molecular weight excluding hydrogens is 395 g/mol. The molecule has 13 heteroatoms. The monoisotopic (exact) mass is 424 g/mol. The van der Waals surface area contributed by atoms with Gasteiger partial charge in [0.2, 0.25) is 0 Å². The third kappa shape index (κ3) is 12.5. The van der Waals surface area contributed by atoms with Crippen molar-refractivity contribution in [2.45, 2.75) is 30.8 Å². The van der Waals surface area contributed by atoms with Crippen LogP contribution in [0.15, 0.2) is 0 Å². The van der Waals surface area contributed by atoms with Gasteiger partial charge in [0.05, 0.1) is 19.8 Å². The van der Waals surface area contributed by atoms with Gasteiger partial charge in [-0.3, -0.25) is 9.05 Å². The number of phosphoric acid groups is 1. The largest absolute Gasteiger partial charge is 0.472 e. The van der Waals surface area contributed by atoms with Crippen molar-refractivity contribution >= 4 is 19.4 Å². The van der Waals surface area contributed by atoms with Gasteiger partial charge in [0.15, 0.2) is 0 Å². The van der Waals surface area contributed by atoms with E-state index in [0.717, 1.165) is 6.54 Å². The Bertz CT molecular complexity index is 397. The average molecular weight is 425 g/mol. The molecule has 0 amide bonds. The molecule has 0 saturated heterocycles. The second-order valence-electron chi connectivity index (χ2n) is 5.44. The van der Waals surface area contributed by atoms with Gasteiger partial charge in [-0.05, 0) is 13.0 Å². The Labute approximate surface area is 157 Å². The van der Waals surface area contributed by atoms with Crippen molar-refractivity contribution in [3.8, 4) is 0 Å². The highest BCUT2D eigenvalue weighted by molar-refractivity contribution is 7.47. The van der Waals surface area contributed by atoms with Gasteiger partial charge in [0.1, 0.15) is 24.4 Å². The first-order chi connectivity index (χ1) is 12.2. The van der Waals surface area contributed by atoms with Gasteiger partial charge in [-0.25, -0.2) is 4.57 Å². The summed E-state index contributed by atoms with van der Waals surface area (Å²) in [4.78, 5) is 9.46. The molecule has 0 aliphatic carbocycles. The Balaban J connectivity index is 3.88. The van der Waals surface area contributed by atoms with E-state index in [1.165, 1.54) is 0 Å². The minimum atomic E-state index is -4.44. The molecule has 0 saturated carbocycles. The molecule has 0 rings (SSSR count). The van der Waals surface area contributed by atoms with Crippen LogP contribution in [-0.4, -0.2) is 107 Å². The van der Waals surface area contributed by atoms with Crippen LogP contribution in [-0.2, 0) is 13.6 Å². The molecule has 26 heavy (non-hydrogen) atoms. The topological polar surface area (TPSA) is 181 Å². The van der Waals surface area contributed by atoms with Crippen LogP contribution in [0.2, 0.25) is 0 Å². The van der Waals surface area contributed by atoms with E-state index in [2.05, 4.69) is 15.2 Å². The fraction of sp³-hybridized carbons (Fsp3) is 1.00. The number of halogens is 1. The first kappa shape index (κ1) is 26.1. The summed E-state index contributed by atoms with van der Waals surface area (Å²) in [5, 5.41) is 52.5. The van der Waals surface area contributed by atoms with Crippen molar-refractivity contribution in [1.29, 1.82) is 0 Å². The van der Waals surface area contributed by atoms with Crippen LogP contribution in [0.5, 0.6) is 0 Å². The highest BCUT2D eigenvalue weighted by atomic mass is 35.5. The second-order valence-corrected chi connectivity index (χ2v) is 7.27. The van der Waals surface area contributed by atoms with Gasteiger partial charge < -0.3 is 41.1 Å². The first-order valence-corrected chi connectivity index (χ1v) is 10.2. The lowest BCUT2D eigenvalue weighted by molar-refractivity contribution is -0.122. The number of phosphoric ester groups is 1. The summed E-state index contributed by atoms with van der Waals surface area (Å²) < 4.78 is 20.9. The summed E-state index contributed by atoms with van der Waals surface area (Å²) in [6, 6.07) is 0. The van der Waals surface area contributed by atoms with E-state index in [1.54, 1.807) is 0 Å². The first-order valence-electron chi connectivity index (χ1n) is 8.17. The minimum absolute atomic E-state index is 0.0691. The molecule has 0 radical (unpaired) electrons. The predicted octanol–water partition coefficient (Wildman–Crippen LogP) is -2.64. The smallest absolute Gasteiger partial charge is 0.394 e. The number of nitrogens with one attached hydrogen (secondary N) is 2. The highest BCUT2D eigenvalue weighted by Crippen LogP contribution is 2.43. The molecule has 0 aliphatic heterocycles. The summed E-state index contributed by atoms with van der Waals surface area (Å²) in [5.41, 5.74) is 0. The summed E-state index contributed by atoms with van der Waals surface area (Å²) in [7, 11) is -4.44. The third-order valence-corrected chi connectivity index (χ3v) is 4.41. The van der Waals surface area contributed by atoms with E-state index in [-0.39, 0.29) is 6.61 Å². The van der Waals surface area contributed by atoms with Gasteiger partial charge in [-0.2, -0.15) is 0 Å². The molecule has 0 fully saturated rings. The van der Waals surface area contributed by atoms with Gasteiger partial charge >= 0.3 is 7.82 Å². The minimum Gasteiger partial charge on any atom is -0.394 e. The average Bonchev–Trinajstić information content (AvgIpc) is 2.62. The van der Waals surface area contributed by atoms with Crippen molar-refractivity contribution in [1.82, 2.24) is 10.6 Å². The SMILES string of the molecule is O=P(O)(OCCCNCCNCCCl)OC[C@@H](O)[C@@H](O)[C@H](O)[C@H](O)CO. The molecule has 8 N–H and O–H groups in total. The summed E-state index contributed by atoms with van der Waals surface area (Å²) in [6.45, 7) is 1.00. The van der Waals surface area contributed by atoms with Crippen molar-refractivity contribution in [2.75, 3.05) is 51.9 Å². The number of aliphatic hydroxyl groups excluding tert-OH is 5. The third-order valence-electron chi connectivity index (χ3n) is 3.24. The number of hydrogen-bond acceptors (Lipinski definition) is 10. The molecule has 158 valence electrons. The Kier molecular flexibility index (Phi) is 15.2. The molecule has 0 aromatic heterocycles. The van der Waals surface area contributed by atoms with Crippen molar-refractivity contribution in [3.63, 3.8) is 0 Å². The number of alkyl halides is 1. The van der Waals surface area contributed by atoms with Crippen LogP contribution in [0.25, 0.3) is 0 Å². The Morgan fingerprint density at radius 2 is 1.50 bits per heavy atom. The van der Waals surface area contributed by atoms with Crippen LogP contribution in [0.4, 0.5) is 0 Å². The van der Waals surface area contributed by atoms with E-state index < -0.39 is 45.5 Å². The fourth-order valence-corrected chi connectivity index (χ4v) is 2.65. The van der Waals surface area contributed by atoms with Crippen molar-refractivity contribution in [2.24, 2.45) is 0 Å². The molecular formula is C13H30ClN2O9P. The van der Waals surface area contributed by atoms with Crippen molar-refractivity contribution in [3.05, 3.63) is 0 Å². The maximum atomic E-state index is 11.6. The molecule has 0 bridgehead atoms. The zero-order valence-electron chi connectivity index (χ0n) is 14.4. The molecule has 5 atom stereocenters. The Morgan fingerprint density at radius 3 is 2.08 bits per heavy atom. The molecule has 0 spiro atoms. The Morgan fingerprint density at radius 1 is 0.923 bits per heavy atom. The summed E-state index contributed by atoms with van der Waals surface area (Å²) in [5.74, 6) is 0.534. The second kappa shape index (κ2) is 15.1. The quantitative estimate of drug-likeness (QED) is 0.0694. The van der Waals surface area contributed by atoms with Crippen LogP contribution >= 0.6 is 19.4 Å². The molecule has 0 aliphatic rings. The lowest BCUT2D eigenvalue weighted by Gasteiger charge is -2.25. The van der Waals surface area contributed by atoms with Crippen LogP contribution in [0.1, 0.15) is 6.42 Å². The van der Waals surface area contributed by atoms with E-state index in [9.17, 15) is 24.8 Å². The molecule has 0 heterocycles. The van der Waals surface area contributed by atoms with Crippen LogP contribution < -0.4 is 10.6 Å². The molecule has 0 aromatic carbocycles. The van der Waals surface area contributed by atoms with Crippen LogP contribution in [0.3, 0.4) is 0 Å². The molecule has 1 unspecified atom stereocenters. The van der Waals surface area contributed by atoms with E-state index in [0.29, 0.717) is 31.9 Å². The van der Waals surface area contributed by atoms with Crippen molar-refractivity contribution < 1.29 is 44.0 Å². The van der Waals surface area contributed by atoms with Crippen LogP contribution in [0, 0.1) is 0 Å². The Hall–Kier alpha value is 0.120. The van der Waals surface area contributed by atoms with Gasteiger partial charge in [-0.1, -0.05) is 0 Å². The zero-order chi connectivity index (χ0) is 20.0. The van der Waals surface area contributed by atoms with E-state index >= 15 is 0 Å². The van der Waals surface area contributed by atoms with E-state index in [1.807, 2.05) is 0 Å². The predicted molar refractivity (Wildman–Crippen MR) is 93.9 cm³/mol. The van der Waals surface area contributed by atoms with E-state index in [4.69, 9.17) is 26.3 Å². The zero-order valence-corrected chi connectivity index (χ0v) is 16.1. The van der Waals surface area contributed by atoms with Gasteiger partial charge in [-0.15, -0.1) is 11.6 Å². The maximum Gasteiger partial charge on any atom is 0.472 e. The number of rotatable bonds is 17. The number of hydrogen-bond donors (Lipinski definition) is 8. The fourth-order valence-electron chi connectivity index (χ4n) is 1.74. The lowest BCUT2D eigenvalue weighted by atomic mass is 10.0.